The molecular formula is C22H24N6O3. The molecule has 160 valence electrons. The summed E-state index contributed by atoms with van der Waals surface area (Å²) in [4.78, 5) is 26.6. The Morgan fingerprint density at radius 2 is 2.13 bits per heavy atom. The Morgan fingerprint density at radius 3 is 2.94 bits per heavy atom. The number of nitrogens with zero attached hydrogens (tertiary/aromatic N) is 4. The average Bonchev–Trinajstić information content (AvgIpc) is 3.49. The minimum Gasteiger partial charge on any atom is -0.454 e. The van der Waals surface area contributed by atoms with Crippen molar-refractivity contribution >= 4 is 5.91 Å². The highest BCUT2D eigenvalue weighted by molar-refractivity contribution is 5.95. The van der Waals surface area contributed by atoms with Gasteiger partial charge >= 0.3 is 0 Å². The summed E-state index contributed by atoms with van der Waals surface area (Å²) in [6.07, 6.45) is 8.34. The van der Waals surface area contributed by atoms with Crippen molar-refractivity contribution in [2.75, 3.05) is 13.3 Å². The van der Waals surface area contributed by atoms with Gasteiger partial charge in [0.2, 0.25) is 12.7 Å². The molecule has 0 aliphatic carbocycles. The molecule has 1 fully saturated rings. The number of ether oxygens (including phenoxy) is 2. The van der Waals surface area contributed by atoms with Crippen LogP contribution in [-0.4, -0.2) is 44.8 Å². The van der Waals surface area contributed by atoms with E-state index in [1.165, 1.54) is 0 Å². The van der Waals surface area contributed by atoms with E-state index in [9.17, 15) is 4.79 Å². The maximum atomic E-state index is 13.2. The first-order valence-electron chi connectivity index (χ1n) is 10.5. The van der Waals surface area contributed by atoms with Crippen molar-refractivity contribution in [3.05, 3.63) is 59.9 Å². The van der Waals surface area contributed by atoms with Crippen LogP contribution in [0.15, 0.2) is 43.0 Å². The van der Waals surface area contributed by atoms with Crippen LogP contribution in [0.25, 0.3) is 5.95 Å². The molecule has 5 rings (SSSR count). The zero-order valence-corrected chi connectivity index (χ0v) is 17.2. The second kappa shape index (κ2) is 8.35. The topological polar surface area (TPSA) is 103 Å². The lowest BCUT2D eigenvalue weighted by Crippen LogP contribution is -2.46. The molecule has 4 heterocycles. The number of rotatable bonds is 5. The SMILES string of the molecule is Cc1cc(C(NC(=O)c2ccc3c(c2)OCO3)C2CCCCN2)nc(-n2ccnc2)n1. The van der Waals surface area contributed by atoms with Gasteiger partial charge in [-0.1, -0.05) is 6.42 Å². The van der Waals surface area contributed by atoms with E-state index in [2.05, 4.69) is 20.6 Å². The third-order valence-electron chi connectivity index (χ3n) is 5.59. The Kier molecular flexibility index (Phi) is 5.25. The first kappa shape index (κ1) is 19.5. The van der Waals surface area contributed by atoms with E-state index in [1.54, 1.807) is 41.5 Å². The summed E-state index contributed by atoms with van der Waals surface area (Å²) in [5.41, 5.74) is 2.11. The summed E-state index contributed by atoms with van der Waals surface area (Å²) in [6, 6.07) is 6.93. The highest BCUT2D eigenvalue weighted by atomic mass is 16.7. The minimum atomic E-state index is -0.304. The number of hydrogen-bond acceptors (Lipinski definition) is 7. The van der Waals surface area contributed by atoms with Crippen molar-refractivity contribution in [1.82, 2.24) is 30.2 Å². The fourth-order valence-corrected chi connectivity index (χ4v) is 4.04. The van der Waals surface area contributed by atoms with Crippen LogP contribution in [0.2, 0.25) is 0 Å². The van der Waals surface area contributed by atoms with Gasteiger partial charge in [-0.15, -0.1) is 0 Å². The Hall–Kier alpha value is -3.46. The van der Waals surface area contributed by atoms with E-state index >= 15 is 0 Å². The molecule has 2 unspecified atom stereocenters. The van der Waals surface area contributed by atoms with Crippen molar-refractivity contribution in [3.63, 3.8) is 0 Å². The molecule has 0 spiro atoms. The van der Waals surface area contributed by atoms with Gasteiger partial charge in [-0.3, -0.25) is 9.36 Å². The number of benzene rings is 1. The summed E-state index contributed by atoms with van der Waals surface area (Å²) in [5, 5.41) is 6.75. The monoisotopic (exact) mass is 420 g/mol. The molecule has 2 aliphatic rings. The molecule has 9 nitrogen and oxygen atoms in total. The summed E-state index contributed by atoms with van der Waals surface area (Å²) >= 11 is 0. The van der Waals surface area contributed by atoms with Crippen LogP contribution in [0.5, 0.6) is 11.5 Å². The van der Waals surface area contributed by atoms with Crippen LogP contribution < -0.4 is 20.1 Å². The normalized spacial score (nSPS) is 18.5. The van der Waals surface area contributed by atoms with Crippen molar-refractivity contribution < 1.29 is 14.3 Å². The molecule has 9 heteroatoms. The molecule has 0 radical (unpaired) electrons. The second-order valence-electron chi connectivity index (χ2n) is 7.78. The summed E-state index contributed by atoms with van der Waals surface area (Å²) in [5.74, 6) is 1.58. The van der Waals surface area contributed by atoms with Crippen LogP contribution in [0, 0.1) is 6.92 Å². The van der Waals surface area contributed by atoms with Gasteiger partial charge in [0.25, 0.3) is 5.91 Å². The number of hydrogen-bond donors (Lipinski definition) is 2. The highest BCUT2D eigenvalue weighted by Gasteiger charge is 2.29. The van der Waals surface area contributed by atoms with Crippen molar-refractivity contribution in [3.8, 4) is 17.4 Å². The minimum absolute atomic E-state index is 0.0802. The average molecular weight is 420 g/mol. The fourth-order valence-electron chi connectivity index (χ4n) is 4.04. The summed E-state index contributed by atoms with van der Waals surface area (Å²) in [7, 11) is 0. The third-order valence-corrected chi connectivity index (χ3v) is 5.59. The number of carbonyl (C=O) groups excluding carboxylic acids is 1. The number of imidazole rings is 1. The lowest BCUT2D eigenvalue weighted by atomic mass is 9.94. The van der Waals surface area contributed by atoms with E-state index in [0.29, 0.717) is 23.0 Å². The smallest absolute Gasteiger partial charge is 0.252 e. The van der Waals surface area contributed by atoms with E-state index in [0.717, 1.165) is 37.2 Å². The number of aryl methyl sites for hydroxylation is 1. The maximum Gasteiger partial charge on any atom is 0.252 e. The molecule has 1 amide bonds. The first-order chi connectivity index (χ1) is 15.2. The largest absolute Gasteiger partial charge is 0.454 e. The van der Waals surface area contributed by atoms with Gasteiger partial charge < -0.3 is 20.1 Å². The highest BCUT2D eigenvalue weighted by Crippen LogP contribution is 2.33. The zero-order chi connectivity index (χ0) is 21.2. The lowest BCUT2D eigenvalue weighted by Gasteiger charge is -2.32. The van der Waals surface area contributed by atoms with Gasteiger partial charge in [0.05, 0.1) is 11.7 Å². The number of fused-ring (bicyclic) bond motifs is 1. The van der Waals surface area contributed by atoms with E-state index in [4.69, 9.17) is 14.5 Å². The molecule has 1 aromatic carbocycles. The maximum absolute atomic E-state index is 13.2. The van der Waals surface area contributed by atoms with E-state index in [1.807, 2.05) is 13.0 Å². The number of amides is 1. The van der Waals surface area contributed by atoms with Gasteiger partial charge in [-0.25, -0.2) is 15.0 Å². The van der Waals surface area contributed by atoms with Crippen molar-refractivity contribution in [2.24, 2.45) is 0 Å². The molecule has 2 N–H and O–H groups in total. The van der Waals surface area contributed by atoms with Crippen LogP contribution >= 0.6 is 0 Å². The molecule has 0 saturated carbocycles. The van der Waals surface area contributed by atoms with Gasteiger partial charge in [0, 0.05) is 29.7 Å². The standard InChI is InChI=1S/C22H24N6O3/c1-14-10-17(26-22(25-14)28-9-8-23-12-28)20(16-4-2-3-7-24-16)27-21(29)15-5-6-18-19(11-15)31-13-30-18/h5-6,8-12,16,20,24H,2-4,7,13H2,1H3,(H,27,29). The summed E-state index contributed by atoms with van der Waals surface area (Å²) in [6.45, 7) is 3.02. The van der Waals surface area contributed by atoms with Crippen LogP contribution in [0.1, 0.15) is 47.1 Å². The van der Waals surface area contributed by atoms with Gasteiger partial charge in [0.1, 0.15) is 6.33 Å². The van der Waals surface area contributed by atoms with Gasteiger partial charge in [-0.05, 0) is 50.6 Å². The van der Waals surface area contributed by atoms with Crippen molar-refractivity contribution in [1.29, 1.82) is 0 Å². The van der Waals surface area contributed by atoms with E-state index in [-0.39, 0.29) is 24.8 Å². The summed E-state index contributed by atoms with van der Waals surface area (Å²) < 4.78 is 12.5. The number of carbonyl (C=O) groups is 1. The predicted molar refractivity (Wildman–Crippen MR) is 112 cm³/mol. The van der Waals surface area contributed by atoms with Crippen LogP contribution in [-0.2, 0) is 0 Å². The number of aromatic nitrogens is 4. The molecule has 1 saturated heterocycles. The molecule has 2 aliphatic heterocycles. The first-order valence-corrected chi connectivity index (χ1v) is 10.5. The predicted octanol–water partition coefficient (Wildman–Crippen LogP) is 2.31. The number of piperidine rings is 1. The van der Waals surface area contributed by atoms with Crippen molar-refractivity contribution in [2.45, 2.75) is 38.3 Å². The quantitative estimate of drug-likeness (QED) is 0.653. The molecular weight excluding hydrogens is 396 g/mol. The molecule has 0 bridgehead atoms. The Morgan fingerprint density at radius 1 is 1.23 bits per heavy atom. The molecule has 2 atom stereocenters. The lowest BCUT2D eigenvalue weighted by molar-refractivity contribution is 0.0921. The van der Waals surface area contributed by atoms with Crippen LogP contribution in [0.3, 0.4) is 0 Å². The van der Waals surface area contributed by atoms with Gasteiger partial charge in [0.15, 0.2) is 11.5 Å². The Labute approximate surface area is 179 Å². The van der Waals surface area contributed by atoms with Crippen LogP contribution in [0.4, 0.5) is 0 Å². The molecule has 2 aromatic heterocycles. The van der Waals surface area contributed by atoms with E-state index < -0.39 is 0 Å². The Balaban J connectivity index is 1.47. The zero-order valence-electron chi connectivity index (χ0n) is 17.2. The number of nitrogens with one attached hydrogen (secondary N) is 2. The Bertz CT molecular complexity index is 1080. The second-order valence-corrected chi connectivity index (χ2v) is 7.78. The molecule has 31 heavy (non-hydrogen) atoms. The third kappa shape index (κ3) is 4.09. The van der Waals surface area contributed by atoms with Gasteiger partial charge in [-0.2, -0.15) is 0 Å². The fraction of sp³-hybridized carbons (Fsp3) is 0.364. The molecule has 3 aromatic rings.